The molecule has 0 fully saturated rings. The second kappa shape index (κ2) is 5.31. The predicted molar refractivity (Wildman–Crippen MR) is 58.7 cm³/mol. The number of rotatable bonds is 2. The minimum Gasteiger partial charge on any atom is -0.338 e. The van der Waals surface area contributed by atoms with E-state index in [1.165, 1.54) is 0 Å². The molecule has 0 aliphatic carbocycles. The van der Waals surface area contributed by atoms with Crippen LogP contribution >= 0.6 is 0 Å². The summed E-state index contributed by atoms with van der Waals surface area (Å²) in [5.74, 6) is -2.56. The van der Waals surface area contributed by atoms with Gasteiger partial charge in [0.05, 0.1) is 17.3 Å². The van der Waals surface area contributed by atoms with Crippen molar-refractivity contribution >= 4 is 11.8 Å². The van der Waals surface area contributed by atoms with E-state index >= 15 is 0 Å². The van der Waals surface area contributed by atoms with E-state index in [0.29, 0.717) is 18.5 Å². The Morgan fingerprint density at radius 3 is 2.27 bits per heavy atom. The largest absolute Gasteiger partial charge is 0.423 e. The monoisotopic (exact) mass is 325 g/mol. The van der Waals surface area contributed by atoms with Crippen molar-refractivity contribution in [2.45, 2.75) is 12.4 Å². The summed E-state index contributed by atoms with van der Waals surface area (Å²) in [6, 6.07) is 0.528. The topological polar surface area (TPSA) is 68.0 Å². The molecule has 0 atom stereocenters. The van der Waals surface area contributed by atoms with Crippen molar-refractivity contribution in [3.05, 3.63) is 41.3 Å². The molecule has 11 heteroatoms. The van der Waals surface area contributed by atoms with Gasteiger partial charge in [0.2, 0.25) is 5.88 Å². The average Bonchev–Trinajstić information content (AvgIpc) is 2.86. The van der Waals surface area contributed by atoms with E-state index < -0.39 is 40.8 Å². The maximum Gasteiger partial charge on any atom is 0.423 e. The van der Waals surface area contributed by atoms with Gasteiger partial charge < -0.3 is 4.52 Å². The molecule has 0 aliphatic rings. The second-order valence-corrected chi connectivity index (χ2v) is 3.94. The lowest BCUT2D eigenvalue weighted by atomic mass is 10.1. The normalized spacial score (nSPS) is 12.3. The average molecular weight is 325 g/mol. The Hall–Kier alpha value is -2.59. The summed E-state index contributed by atoms with van der Waals surface area (Å²) in [5.41, 5.74) is -3.70. The number of alkyl halides is 6. The fourth-order valence-electron chi connectivity index (χ4n) is 1.52. The van der Waals surface area contributed by atoms with Crippen LogP contribution in [0.5, 0.6) is 0 Å². The molecule has 118 valence electrons. The molecule has 2 aromatic rings. The van der Waals surface area contributed by atoms with Crippen LogP contribution in [0.4, 0.5) is 32.2 Å². The van der Waals surface area contributed by atoms with E-state index in [0.717, 1.165) is 6.20 Å². The molecule has 0 saturated carbocycles. The highest BCUT2D eigenvalue weighted by Crippen LogP contribution is 2.35. The molecule has 5 nitrogen and oxygen atoms in total. The summed E-state index contributed by atoms with van der Waals surface area (Å²) in [6.45, 7) is 0. The minimum atomic E-state index is -4.88. The number of nitrogens with zero attached hydrogens (tertiary/aromatic N) is 2. The summed E-state index contributed by atoms with van der Waals surface area (Å²) in [7, 11) is 0. The Kier molecular flexibility index (Phi) is 3.81. The fourth-order valence-corrected chi connectivity index (χ4v) is 1.52. The number of halogens is 6. The predicted octanol–water partition coefficient (Wildman–Crippen LogP) is 3.36. The molecule has 0 bridgehead atoms. The maximum absolute atomic E-state index is 12.7. The number of anilines is 1. The van der Waals surface area contributed by atoms with Crippen molar-refractivity contribution in [1.82, 2.24) is 10.1 Å². The summed E-state index contributed by atoms with van der Waals surface area (Å²) in [6.07, 6.45) is -8.07. The highest BCUT2D eigenvalue weighted by Gasteiger charge is 2.39. The first-order valence-corrected chi connectivity index (χ1v) is 5.45. The molecule has 2 rings (SSSR count). The van der Waals surface area contributed by atoms with Crippen molar-refractivity contribution in [2.24, 2.45) is 0 Å². The first-order valence-electron chi connectivity index (χ1n) is 5.45. The van der Waals surface area contributed by atoms with E-state index in [1.54, 1.807) is 5.32 Å². The lowest BCUT2D eigenvalue weighted by Gasteiger charge is -2.11. The Morgan fingerprint density at radius 2 is 1.68 bits per heavy atom. The maximum atomic E-state index is 12.7. The van der Waals surface area contributed by atoms with Gasteiger partial charge in [0, 0.05) is 12.4 Å². The van der Waals surface area contributed by atoms with Crippen LogP contribution in [0, 0.1) is 0 Å². The third kappa shape index (κ3) is 3.18. The lowest BCUT2D eigenvalue weighted by Crippen LogP contribution is -2.20. The molecule has 22 heavy (non-hydrogen) atoms. The molecule has 0 unspecified atom stereocenters. The molecule has 0 spiro atoms. The molecule has 0 aromatic carbocycles. The van der Waals surface area contributed by atoms with Crippen molar-refractivity contribution in [3.63, 3.8) is 0 Å². The van der Waals surface area contributed by atoms with Gasteiger partial charge in [0.1, 0.15) is 5.56 Å². The molecule has 0 aliphatic heterocycles. The molecule has 0 radical (unpaired) electrons. The van der Waals surface area contributed by atoms with Crippen LogP contribution in [0.3, 0.4) is 0 Å². The van der Waals surface area contributed by atoms with Crippen LogP contribution in [-0.4, -0.2) is 16.0 Å². The zero-order chi connectivity index (χ0) is 16.5. The molecule has 2 aromatic heterocycles. The fraction of sp³-hybridized carbons (Fsp3) is 0.182. The van der Waals surface area contributed by atoms with Crippen LogP contribution < -0.4 is 5.32 Å². The van der Waals surface area contributed by atoms with Gasteiger partial charge >= 0.3 is 12.4 Å². The van der Waals surface area contributed by atoms with E-state index in [2.05, 4.69) is 14.7 Å². The van der Waals surface area contributed by atoms with Gasteiger partial charge in [-0.25, -0.2) is 0 Å². The van der Waals surface area contributed by atoms with Crippen LogP contribution in [0.25, 0.3) is 0 Å². The number of carbonyl (C=O) groups is 1. The summed E-state index contributed by atoms with van der Waals surface area (Å²) in [4.78, 5) is 15.1. The van der Waals surface area contributed by atoms with Gasteiger partial charge in [-0.2, -0.15) is 26.3 Å². The number of hydrogen-bond acceptors (Lipinski definition) is 4. The van der Waals surface area contributed by atoms with Crippen LogP contribution in [0.1, 0.15) is 21.5 Å². The first kappa shape index (κ1) is 15.8. The highest BCUT2D eigenvalue weighted by molar-refractivity contribution is 6.04. The number of aromatic nitrogens is 2. The molecule has 1 N–H and O–H groups in total. The smallest absolute Gasteiger partial charge is 0.338 e. The van der Waals surface area contributed by atoms with Crippen LogP contribution in [0.15, 0.2) is 29.2 Å². The van der Waals surface area contributed by atoms with Crippen molar-refractivity contribution in [1.29, 1.82) is 0 Å². The molecule has 2 heterocycles. The van der Waals surface area contributed by atoms with Crippen molar-refractivity contribution in [2.75, 3.05) is 5.32 Å². The highest BCUT2D eigenvalue weighted by atomic mass is 19.4. The van der Waals surface area contributed by atoms with Crippen molar-refractivity contribution in [3.8, 4) is 0 Å². The van der Waals surface area contributed by atoms with Crippen molar-refractivity contribution < 1.29 is 35.7 Å². The van der Waals surface area contributed by atoms with Gasteiger partial charge in [-0.05, 0) is 6.07 Å². The minimum absolute atomic E-state index is 0.295. The third-order valence-corrected chi connectivity index (χ3v) is 2.47. The van der Waals surface area contributed by atoms with Gasteiger partial charge in [0.25, 0.3) is 5.91 Å². The SMILES string of the molecule is O=C(Nc1oncc1C(F)(F)F)c1cnccc1C(F)(F)F. The molecular weight excluding hydrogens is 320 g/mol. The molecule has 1 amide bonds. The van der Waals surface area contributed by atoms with Crippen LogP contribution in [-0.2, 0) is 12.4 Å². The second-order valence-electron chi connectivity index (χ2n) is 3.94. The van der Waals surface area contributed by atoms with Gasteiger partial charge in [-0.1, -0.05) is 5.16 Å². The summed E-state index contributed by atoms with van der Waals surface area (Å²) >= 11 is 0. The zero-order valence-corrected chi connectivity index (χ0v) is 10.3. The standard InChI is InChI=1S/C11H5F6N3O2/c12-10(13,14)6-1-2-18-3-5(6)8(21)20-9-7(4-19-22-9)11(15,16)17/h1-4H,(H,20,21). The number of hydrogen-bond donors (Lipinski definition) is 1. The summed E-state index contributed by atoms with van der Waals surface area (Å²) < 4.78 is 80.1. The number of carbonyl (C=O) groups excluding carboxylic acids is 1. The quantitative estimate of drug-likeness (QED) is 0.860. The van der Waals surface area contributed by atoms with E-state index in [-0.39, 0.29) is 0 Å². The Labute approximate surface area is 117 Å². The van der Waals surface area contributed by atoms with Gasteiger partial charge in [-0.15, -0.1) is 0 Å². The lowest BCUT2D eigenvalue weighted by molar-refractivity contribution is -0.138. The number of amides is 1. The van der Waals surface area contributed by atoms with Gasteiger partial charge in [0.15, 0.2) is 0 Å². The number of nitrogens with one attached hydrogen (secondary N) is 1. The Balaban J connectivity index is 2.34. The zero-order valence-electron chi connectivity index (χ0n) is 10.3. The van der Waals surface area contributed by atoms with Crippen LogP contribution in [0.2, 0.25) is 0 Å². The molecular formula is C11H5F6N3O2. The van der Waals surface area contributed by atoms with E-state index in [4.69, 9.17) is 0 Å². The number of pyridine rings is 1. The van der Waals surface area contributed by atoms with E-state index in [1.807, 2.05) is 0 Å². The summed E-state index contributed by atoms with van der Waals surface area (Å²) in [5, 5.41) is 4.46. The van der Waals surface area contributed by atoms with E-state index in [9.17, 15) is 31.1 Å². The molecule has 0 saturated heterocycles. The first-order chi connectivity index (χ1) is 10.1. The third-order valence-electron chi connectivity index (χ3n) is 2.47. The Morgan fingerprint density at radius 1 is 1.05 bits per heavy atom. The van der Waals surface area contributed by atoms with Gasteiger partial charge in [-0.3, -0.25) is 15.1 Å². The Bertz CT molecular complexity index is 692.